The Morgan fingerprint density at radius 3 is 2.62 bits per heavy atom. The number of nitrogens with zero attached hydrogens (tertiary/aromatic N) is 3. The SMILES string of the molecule is CNCc1cncc(N(C)CC(F)(F)F)n1. The molecule has 0 bridgehead atoms. The molecule has 1 aromatic rings. The molecule has 16 heavy (non-hydrogen) atoms. The summed E-state index contributed by atoms with van der Waals surface area (Å²) in [4.78, 5) is 8.91. The standard InChI is InChI=1S/C9H13F3N4/c1-13-3-7-4-14-5-8(15-7)16(2)6-9(10,11)12/h4-5,13H,3,6H2,1-2H3. The van der Waals surface area contributed by atoms with Crippen LogP contribution in [0.5, 0.6) is 0 Å². The molecule has 0 aliphatic carbocycles. The lowest BCUT2D eigenvalue weighted by atomic mass is 10.4. The fraction of sp³-hybridized carbons (Fsp3) is 0.556. The summed E-state index contributed by atoms with van der Waals surface area (Å²) in [7, 11) is 3.06. The van der Waals surface area contributed by atoms with Crippen LogP contribution in [0.3, 0.4) is 0 Å². The third-order valence-corrected chi connectivity index (χ3v) is 1.84. The molecule has 0 saturated carbocycles. The number of hydrogen-bond acceptors (Lipinski definition) is 4. The number of halogens is 3. The third-order valence-electron chi connectivity index (χ3n) is 1.84. The van der Waals surface area contributed by atoms with Crippen molar-refractivity contribution in [3.63, 3.8) is 0 Å². The van der Waals surface area contributed by atoms with E-state index < -0.39 is 12.7 Å². The fourth-order valence-corrected chi connectivity index (χ4v) is 1.19. The maximum atomic E-state index is 12.1. The summed E-state index contributed by atoms with van der Waals surface area (Å²) in [5.41, 5.74) is 0.606. The van der Waals surface area contributed by atoms with E-state index in [4.69, 9.17) is 0 Å². The largest absolute Gasteiger partial charge is 0.405 e. The summed E-state index contributed by atoms with van der Waals surface area (Å²) >= 11 is 0. The number of anilines is 1. The third kappa shape index (κ3) is 4.01. The molecule has 0 unspecified atom stereocenters. The Bertz CT molecular complexity index is 340. The highest BCUT2D eigenvalue weighted by Gasteiger charge is 2.29. The first-order valence-electron chi connectivity index (χ1n) is 4.66. The van der Waals surface area contributed by atoms with Gasteiger partial charge in [0.25, 0.3) is 0 Å². The van der Waals surface area contributed by atoms with Gasteiger partial charge < -0.3 is 10.2 Å². The molecule has 1 heterocycles. The molecule has 1 aromatic heterocycles. The topological polar surface area (TPSA) is 41.1 Å². The molecule has 0 fully saturated rings. The second kappa shape index (κ2) is 5.11. The summed E-state index contributed by atoms with van der Waals surface area (Å²) < 4.78 is 36.4. The molecule has 0 atom stereocenters. The zero-order chi connectivity index (χ0) is 12.2. The van der Waals surface area contributed by atoms with E-state index in [1.807, 2.05) is 0 Å². The highest BCUT2D eigenvalue weighted by Crippen LogP contribution is 2.18. The van der Waals surface area contributed by atoms with Crippen LogP contribution in [0.25, 0.3) is 0 Å². The molecule has 0 amide bonds. The second-order valence-corrected chi connectivity index (χ2v) is 3.37. The van der Waals surface area contributed by atoms with Gasteiger partial charge in [0, 0.05) is 19.8 Å². The van der Waals surface area contributed by atoms with Gasteiger partial charge in [-0.15, -0.1) is 0 Å². The molecule has 0 aliphatic heterocycles. The lowest BCUT2D eigenvalue weighted by Gasteiger charge is -2.19. The van der Waals surface area contributed by atoms with Crippen molar-refractivity contribution >= 4 is 5.82 Å². The number of aromatic nitrogens is 2. The molecule has 7 heteroatoms. The van der Waals surface area contributed by atoms with E-state index >= 15 is 0 Å². The highest BCUT2D eigenvalue weighted by molar-refractivity contribution is 5.35. The summed E-state index contributed by atoms with van der Waals surface area (Å²) in [6, 6.07) is 0. The van der Waals surface area contributed by atoms with Crippen molar-refractivity contribution in [3.8, 4) is 0 Å². The Kier molecular flexibility index (Phi) is 4.05. The molecular weight excluding hydrogens is 221 g/mol. The van der Waals surface area contributed by atoms with Gasteiger partial charge in [-0.25, -0.2) is 4.98 Å². The van der Waals surface area contributed by atoms with E-state index in [0.717, 1.165) is 4.90 Å². The smallest absolute Gasteiger partial charge is 0.349 e. The predicted octanol–water partition coefficient (Wildman–Crippen LogP) is 1.19. The monoisotopic (exact) mass is 234 g/mol. The molecule has 0 aromatic carbocycles. The van der Waals surface area contributed by atoms with Gasteiger partial charge >= 0.3 is 6.18 Å². The van der Waals surface area contributed by atoms with Crippen LogP contribution in [0.2, 0.25) is 0 Å². The van der Waals surface area contributed by atoms with E-state index in [0.29, 0.717) is 12.2 Å². The molecule has 1 N–H and O–H groups in total. The lowest BCUT2D eigenvalue weighted by Crippen LogP contribution is -2.31. The maximum absolute atomic E-state index is 12.1. The summed E-state index contributed by atoms with van der Waals surface area (Å²) in [5.74, 6) is 0.213. The highest BCUT2D eigenvalue weighted by atomic mass is 19.4. The first-order valence-corrected chi connectivity index (χ1v) is 4.66. The van der Waals surface area contributed by atoms with Gasteiger partial charge in [0.2, 0.25) is 0 Å². The minimum Gasteiger partial charge on any atom is -0.349 e. The number of rotatable bonds is 4. The van der Waals surface area contributed by atoms with Crippen molar-refractivity contribution in [2.75, 3.05) is 25.5 Å². The number of nitrogens with one attached hydrogen (secondary N) is 1. The van der Waals surface area contributed by atoms with Crippen molar-refractivity contribution < 1.29 is 13.2 Å². The average Bonchev–Trinajstić information content (AvgIpc) is 2.16. The summed E-state index contributed by atoms with van der Waals surface area (Å²) in [5, 5.41) is 2.86. The van der Waals surface area contributed by atoms with Gasteiger partial charge in [-0.1, -0.05) is 0 Å². The van der Waals surface area contributed by atoms with Gasteiger partial charge in [-0.2, -0.15) is 13.2 Å². The minimum atomic E-state index is -4.24. The van der Waals surface area contributed by atoms with Crippen molar-refractivity contribution in [1.29, 1.82) is 0 Å². The van der Waals surface area contributed by atoms with Gasteiger partial charge in [-0.05, 0) is 7.05 Å². The van der Waals surface area contributed by atoms with Crippen LogP contribution in [0, 0.1) is 0 Å². The van der Waals surface area contributed by atoms with Crippen LogP contribution >= 0.6 is 0 Å². The van der Waals surface area contributed by atoms with E-state index in [9.17, 15) is 13.2 Å². The molecule has 0 aliphatic rings. The Balaban J connectivity index is 2.75. The maximum Gasteiger partial charge on any atom is 0.405 e. The van der Waals surface area contributed by atoms with Crippen LogP contribution in [-0.4, -0.2) is 36.8 Å². The quantitative estimate of drug-likeness (QED) is 0.849. The van der Waals surface area contributed by atoms with E-state index in [-0.39, 0.29) is 5.82 Å². The number of hydrogen-bond donors (Lipinski definition) is 1. The van der Waals surface area contributed by atoms with E-state index in [1.165, 1.54) is 19.4 Å². The summed E-state index contributed by atoms with van der Waals surface area (Å²) in [6.45, 7) is -0.564. The fourth-order valence-electron chi connectivity index (χ4n) is 1.19. The van der Waals surface area contributed by atoms with Gasteiger partial charge in [0.15, 0.2) is 0 Å². The average molecular weight is 234 g/mol. The lowest BCUT2D eigenvalue weighted by molar-refractivity contribution is -0.119. The van der Waals surface area contributed by atoms with Crippen LogP contribution in [0.15, 0.2) is 12.4 Å². The van der Waals surface area contributed by atoms with Crippen LogP contribution in [0.4, 0.5) is 19.0 Å². The van der Waals surface area contributed by atoms with Crippen molar-refractivity contribution in [2.24, 2.45) is 0 Å². The van der Waals surface area contributed by atoms with Crippen LogP contribution in [0.1, 0.15) is 5.69 Å². The predicted molar refractivity (Wildman–Crippen MR) is 54.1 cm³/mol. The van der Waals surface area contributed by atoms with E-state index in [2.05, 4.69) is 15.3 Å². The first-order chi connectivity index (χ1) is 7.42. The van der Waals surface area contributed by atoms with Crippen molar-refractivity contribution in [3.05, 3.63) is 18.1 Å². The molecule has 0 spiro atoms. The summed E-state index contributed by atoms with van der Waals surface area (Å²) in [6.07, 6.45) is -1.41. The van der Waals surface area contributed by atoms with Gasteiger partial charge in [0.1, 0.15) is 12.4 Å². The number of alkyl halides is 3. The zero-order valence-electron chi connectivity index (χ0n) is 9.04. The van der Waals surface area contributed by atoms with Crippen LogP contribution < -0.4 is 10.2 Å². The van der Waals surface area contributed by atoms with Gasteiger partial charge in [0.05, 0.1) is 11.9 Å². The minimum absolute atomic E-state index is 0.213. The van der Waals surface area contributed by atoms with Crippen LogP contribution in [-0.2, 0) is 6.54 Å². The molecule has 1 rings (SSSR count). The normalized spacial score (nSPS) is 11.6. The first kappa shape index (κ1) is 12.7. The van der Waals surface area contributed by atoms with Crippen molar-refractivity contribution in [1.82, 2.24) is 15.3 Å². The zero-order valence-corrected chi connectivity index (χ0v) is 9.04. The molecule has 90 valence electrons. The Morgan fingerprint density at radius 1 is 1.38 bits per heavy atom. The molecular formula is C9H13F3N4. The molecule has 0 saturated heterocycles. The molecule has 0 radical (unpaired) electrons. The van der Waals surface area contributed by atoms with E-state index in [1.54, 1.807) is 7.05 Å². The second-order valence-electron chi connectivity index (χ2n) is 3.37. The van der Waals surface area contributed by atoms with Gasteiger partial charge in [-0.3, -0.25) is 4.98 Å². The Labute approximate surface area is 91.5 Å². The molecule has 4 nitrogen and oxygen atoms in total. The van der Waals surface area contributed by atoms with Crippen molar-refractivity contribution in [2.45, 2.75) is 12.7 Å². The Morgan fingerprint density at radius 2 is 2.06 bits per heavy atom. The Hall–Kier alpha value is -1.37.